The van der Waals surface area contributed by atoms with Crippen molar-refractivity contribution >= 4 is 5.91 Å². The molecule has 0 saturated carbocycles. The van der Waals surface area contributed by atoms with Crippen molar-refractivity contribution in [1.29, 1.82) is 0 Å². The number of carbonyl (C=O) groups is 1. The summed E-state index contributed by atoms with van der Waals surface area (Å²) >= 11 is 0. The molecule has 2 atom stereocenters. The van der Waals surface area contributed by atoms with Crippen LogP contribution in [0.3, 0.4) is 0 Å². The number of aryl methyl sites for hydroxylation is 1. The van der Waals surface area contributed by atoms with E-state index in [0.717, 1.165) is 25.0 Å². The molecule has 1 aromatic rings. The third-order valence-corrected chi connectivity index (χ3v) is 3.50. The first-order valence-electron chi connectivity index (χ1n) is 6.81. The number of rotatable bonds is 6. The number of ether oxygens (including phenoxy) is 1. The summed E-state index contributed by atoms with van der Waals surface area (Å²) in [6.45, 7) is 2.97. The van der Waals surface area contributed by atoms with E-state index in [2.05, 4.69) is 10.6 Å². The van der Waals surface area contributed by atoms with Crippen molar-refractivity contribution in [2.45, 2.75) is 38.3 Å². The molecule has 0 aliphatic heterocycles. The van der Waals surface area contributed by atoms with E-state index in [9.17, 15) is 4.79 Å². The Hall–Kier alpha value is -1.33. The lowest BCUT2D eigenvalue weighted by Gasteiger charge is -2.26. The van der Waals surface area contributed by atoms with E-state index in [1.807, 2.05) is 13.0 Å². The van der Waals surface area contributed by atoms with Crippen LogP contribution in [0.2, 0.25) is 0 Å². The van der Waals surface area contributed by atoms with Crippen LogP contribution in [0.5, 0.6) is 0 Å². The van der Waals surface area contributed by atoms with Crippen molar-refractivity contribution in [2.24, 2.45) is 0 Å². The van der Waals surface area contributed by atoms with Gasteiger partial charge in [0.15, 0.2) is 0 Å². The number of carbonyl (C=O) groups excluding carboxylic acids is 1. The van der Waals surface area contributed by atoms with Gasteiger partial charge in [0, 0.05) is 31.7 Å². The molecule has 5 nitrogen and oxygen atoms in total. The molecule has 106 valence electrons. The normalized spacial score (nSPS) is 19.8. The number of fused-ring (bicyclic) bond motifs is 1. The Bertz CT molecular complexity index is 417. The molecule has 2 N–H and O–H groups in total. The van der Waals surface area contributed by atoms with Crippen LogP contribution in [0.15, 0.2) is 16.7 Å². The summed E-state index contributed by atoms with van der Waals surface area (Å²) in [5, 5.41) is 6.22. The van der Waals surface area contributed by atoms with E-state index in [-0.39, 0.29) is 18.0 Å². The molecule has 2 rings (SSSR count). The number of hydrogen-bond donors (Lipinski definition) is 2. The Morgan fingerprint density at radius 2 is 2.47 bits per heavy atom. The van der Waals surface area contributed by atoms with Gasteiger partial charge in [-0.1, -0.05) is 0 Å². The number of nitrogens with one attached hydrogen (secondary N) is 2. The van der Waals surface area contributed by atoms with E-state index in [0.29, 0.717) is 13.2 Å². The number of furan rings is 1. The maximum absolute atomic E-state index is 11.9. The number of amides is 1. The van der Waals surface area contributed by atoms with Gasteiger partial charge in [-0.05, 0) is 25.8 Å². The molecule has 1 aromatic heterocycles. The zero-order valence-electron chi connectivity index (χ0n) is 11.6. The molecule has 1 aliphatic rings. The van der Waals surface area contributed by atoms with Crippen molar-refractivity contribution in [3.05, 3.63) is 23.7 Å². The molecule has 1 heterocycles. The predicted molar refractivity (Wildman–Crippen MR) is 71.9 cm³/mol. The highest BCUT2D eigenvalue weighted by atomic mass is 16.5. The molecule has 5 heteroatoms. The van der Waals surface area contributed by atoms with Crippen molar-refractivity contribution in [1.82, 2.24) is 10.6 Å². The summed E-state index contributed by atoms with van der Waals surface area (Å²) in [4.78, 5) is 11.9. The van der Waals surface area contributed by atoms with Crippen molar-refractivity contribution in [3.63, 3.8) is 0 Å². The second-order valence-corrected chi connectivity index (χ2v) is 4.92. The molecule has 0 spiro atoms. The number of hydrogen-bond acceptors (Lipinski definition) is 4. The fourth-order valence-electron chi connectivity index (χ4n) is 2.47. The van der Waals surface area contributed by atoms with Gasteiger partial charge in [0.05, 0.1) is 18.9 Å². The number of methoxy groups -OCH3 is 1. The molecular formula is C14H22N2O3. The Morgan fingerprint density at radius 1 is 1.63 bits per heavy atom. The van der Waals surface area contributed by atoms with Crippen molar-refractivity contribution in [3.8, 4) is 0 Å². The van der Waals surface area contributed by atoms with E-state index in [4.69, 9.17) is 9.15 Å². The molecular weight excluding hydrogens is 244 g/mol. The van der Waals surface area contributed by atoms with Gasteiger partial charge in [0.1, 0.15) is 5.76 Å². The van der Waals surface area contributed by atoms with Gasteiger partial charge in [0.2, 0.25) is 5.91 Å². The molecule has 0 radical (unpaired) electrons. The minimum atomic E-state index is -0.220. The smallest absolute Gasteiger partial charge is 0.236 e. The predicted octanol–water partition coefficient (Wildman–Crippen LogP) is 1.40. The van der Waals surface area contributed by atoms with Crippen LogP contribution in [-0.2, 0) is 16.0 Å². The van der Waals surface area contributed by atoms with Gasteiger partial charge in [-0.25, -0.2) is 0 Å². The SMILES string of the molecule is COCCNC(=O)C(C)NC1CCCc2occc21. The zero-order valence-corrected chi connectivity index (χ0v) is 11.6. The summed E-state index contributed by atoms with van der Waals surface area (Å²) in [5.41, 5.74) is 1.20. The van der Waals surface area contributed by atoms with Gasteiger partial charge in [0.25, 0.3) is 0 Å². The second-order valence-electron chi connectivity index (χ2n) is 4.92. The quantitative estimate of drug-likeness (QED) is 0.764. The third-order valence-electron chi connectivity index (χ3n) is 3.50. The zero-order chi connectivity index (χ0) is 13.7. The summed E-state index contributed by atoms with van der Waals surface area (Å²) in [6.07, 6.45) is 4.86. The summed E-state index contributed by atoms with van der Waals surface area (Å²) in [7, 11) is 1.62. The summed E-state index contributed by atoms with van der Waals surface area (Å²) < 4.78 is 10.4. The maximum Gasteiger partial charge on any atom is 0.236 e. The standard InChI is InChI=1S/C14H22N2O3/c1-10(14(17)15-7-9-18-2)16-12-4-3-5-13-11(12)6-8-19-13/h6,8,10,12,16H,3-5,7,9H2,1-2H3,(H,15,17). The van der Waals surface area contributed by atoms with Crippen LogP contribution in [0, 0.1) is 0 Å². The first kappa shape index (κ1) is 14.1. The summed E-state index contributed by atoms with van der Waals surface area (Å²) in [6, 6.07) is 2.00. The van der Waals surface area contributed by atoms with Crippen LogP contribution in [0.1, 0.15) is 37.1 Å². The molecule has 0 bridgehead atoms. The van der Waals surface area contributed by atoms with Crippen LogP contribution in [0.4, 0.5) is 0 Å². The van der Waals surface area contributed by atoms with Crippen LogP contribution < -0.4 is 10.6 Å². The van der Waals surface area contributed by atoms with Gasteiger partial charge in [-0.2, -0.15) is 0 Å². The van der Waals surface area contributed by atoms with E-state index >= 15 is 0 Å². The Morgan fingerprint density at radius 3 is 3.26 bits per heavy atom. The average molecular weight is 266 g/mol. The molecule has 19 heavy (non-hydrogen) atoms. The lowest BCUT2D eigenvalue weighted by molar-refractivity contribution is -0.123. The molecule has 0 saturated heterocycles. The molecule has 0 fully saturated rings. The minimum absolute atomic E-state index is 0.00710. The molecule has 2 unspecified atom stereocenters. The van der Waals surface area contributed by atoms with Gasteiger partial charge in [-0.3, -0.25) is 10.1 Å². The van der Waals surface area contributed by atoms with Crippen molar-refractivity contribution in [2.75, 3.05) is 20.3 Å². The molecule has 0 aromatic carbocycles. The van der Waals surface area contributed by atoms with Crippen LogP contribution in [-0.4, -0.2) is 32.2 Å². The second kappa shape index (κ2) is 6.73. The summed E-state index contributed by atoms with van der Waals surface area (Å²) in [5.74, 6) is 1.06. The van der Waals surface area contributed by atoms with Crippen molar-refractivity contribution < 1.29 is 13.9 Å². The third kappa shape index (κ3) is 3.58. The van der Waals surface area contributed by atoms with Crippen LogP contribution in [0.25, 0.3) is 0 Å². The van der Waals surface area contributed by atoms with Gasteiger partial charge >= 0.3 is 0 Å². The first-order valence-corrected chi connectivity index (χ1v) is 6.81. The van der Waals surface area contributed by atoms with E-state index < -0.39 is 0 Å². The van der Waals surface area contributed by atoms with E-state index in [1.54, 1.807) is 13.4 Å². The Kier molecular flexibility index (Phi) is 4.99. The van der Waals surface area contributed by atoms with E-state index in [1.165, 1.54) is 5.56 Å². The highest BCUT2D eigenvalue weighted by Gasteiger charge is 2.25. The lowest BCUT2D eigenvalue weighted by Crippen LogP contribution is -2.45. The highest BCUT2D eigenvalue weighted by molar-refractivity contribution is 5.81. The Labute approximate surface area is 113 Å². The molecule has 1 aliphatic carbocycles. The fraction of sp³-hybridized carbons (Fsp3) is 0.643. The maximum atomic E-state index is 11.9. The first-order chi connectivity index (χ1) is 9.22. The van der Waals surface area contributed by atoms with Crippen LogP contribution >= 0.6 is 0 Å². The Balaban J connectivity index is 1.86. The van der Waals surface area contributed by atoms with Gasteiger partial charge < -0.3 is 14.5 Å². The largest absolute Gasteiger partial charge is 0.469 e. The topological polar surface area (TPSA) is 63.5 Å². The van der Waals surface area contributed by atoms with Gasteiger partial charge in [-0.15, -0.1) is 0 Å². The minimum Gasteiger partial charge on any atom is -0.469 e. The molecule has 1 amide bonds. The average Bonchev–Trinajstić information content (AvgIpc) is 2.88. The monoisotopic (exact) mass is 266 g/mol. The lowest BCUT2D eigenvalue weighted by atomic mass is 9.93. The highest BCUT2D eigenvalue weighted by Crippen LogP contribution is 2.30. The fourth-order valence-corrected chi connectivity index (χ4v) is 2.47.